The zero-order chi connectivity index (χ0) is 17.8. The third kappa shape index (κ3) is 4.21. The maximum absolute atomic E-state index is 13.0. The summed E-state index contributed by atoms with van der Waals surface area (Å²) in [5.41, 5.74) is 1.23. The number of carbonyl (C=O) groups excluding carboxylic acids is 2. The van der Waals surface area contributed by atoms with Gasteiger partial charge in [0.25, 0.3) is 5.91 Å². The van der Waals surface area contributed by atoms with Crippen molar-refractivity contribution >= 4 is 29.3 Å². The predicted octanol–water partition coefficient (Wildman–Crippen LogP) is 3.01. The molecule has 1 unspecified atom stereocenters. The van der Waals surface area contributed by atoms with Crippen LogP contribution in [0.25, 0.3) is 0 Å². The van der Waals surface area contributed by atoms with Gasteiger partial charge in [-0.25, -0.2) is 9.40 Å². The Morgan fingerprint density at radius 3 is 2.80 bits per heavy atom. The number of rotatable bonds is 5. The molecule has 2 aliphatic heterocycles. The predicted molar refractivity (Wildman–Crippen MR) is 96.5 cm³/mol. The van der Waals surface area contributed by atoms with Crippen molar-refractivity contribution in [2.75, 3.05) is 12.3 Å². The Labute approximate surface area is 151 Å². The molecular formula is C18H22FN3O2S. The lowest BCUT2D eigenvalue weighted by Gasteiger charge is -2.28. The highest BCUT2D eigenvalue weighted by Crippen LogP contribution is 2.28. The van der Waals surface area contributed by atoms with Crippen LogP contribution >= 0.6 is 11.8 Å². The summed E-state index contributed by atoms with van der Waals surface area (Å²) in [6.07, 6.45) is 2.67. The molecule has 134 valence electrons. The zero-order valence-electron chi connectivity index (χ0n) is 14.3. The molecule has 1 fully saturated rings. The minimum atomic E-state index is -0.318. The second-order valence-corrected chi connectivity index (χ2v) is 7.52. The van der Waals surface area contributed by atoms with Crippen LogP contribution in [0, 0.1) is 5.82 Å². The summed E-state index contributed by atoms with van der Waals surface area (Å²) in [5, 5.41) is 5.87. The SMILES string of the molecule is CCCC1SCCN1C(=O)C1=NN(Cc2ccc(F)cc2)C(=O)CC1. The summed E-state index contributed by atoms with van der Waals surface area (Å²) in [7, 11) is 0. The van der Waals surface area contributed by atoms with E-state index in [4.69, 9.17) is 0 Å². The van der Waals surface area contributed by atoms with Gasteiger partial charge in [-0.1, -0.05) is 25.5 Å². The number of nitrogens with zero attached hydrogens (tertiary/aromatic N) is 3. The first-order valence-electron chi connectivity index (χ1n) is 8.63. The third-order valence-corrected chi connectivity index (χ3v) is 5.68. The molecule has 0 bridgehead atoms. The Morgan fingerprint density at radius 1 is 1.32 bits per heavy atom. The number of hydrogen-bond acceptors (Lipinski definition) is 4. The average Bonchev–Trinajstić information content (AvgIpc) is 3.07. The quantitative estimate of drug-likeness (QED) is 0.808. The van der Waals surface area contributed by atoms with Crippen molar-refractivity contribution in [3.63, 3.8) is 0 Å². The monoisotopic (exact) mass is 363 g/mol. The van der Waals surface area contributed by atoms with E-state index in [9.17, 15) is 14.0 Å². The molecule has 2 aliphatic rings. The molecule has 1 atom stereocenters. The van der Waals surface area contributed by atoms with Crippen LogP contribution in [-0.2, 0) is 16.1 Å². The Balaban J connectivity index is 1.73. The van der Waals surface area contributed by atoms with E-state index in [2.05, 4.69) is 12.0 Å². The molecule has 0 spiro atoms. The van der Waals surface area contributed by atoms with E-state index < -0.39 is 0 Å². The molecule has 0 saturated carbocycles. The van der Waals surface area contributed by atoms with E-state index in [-0.39, 0.29) is 36.0 Å². The van der Waals surface area contributed by atoms with Crippen molar-refractivity contribution in [1.29, 1.82) is 0 Å². The van der Waals surface area contributed by atoms with E-state index in [1.165, 1.54) is 17.1 Å². The average molecular weight is 363 g/mol. The molecular weight excluding hydrogens is 341 g/mol. The van der Waals surface area contributed by atoms with Gasteiger partial charge in [0.15, 0.2) is 0 Å². The standard InChI is InChI=1S/C18H22FN3O2S/c1-2-3-17-21(10-11-25-17)18(24)15-8-9-16(23)22(20-15)12-13-4-6-14(19)7-5-13/h4-7,17H,2-3,8-12H2,1H3. The van der Waals surface area contributed by atoms with Crippen molar-refractivity contribution in [2.45, 2.75) is 44.5 Å². The topological polar surface area (TPSA) is 53.0 Å². The fourth-order valence-corrected chi connectivity index (χ4v) is 4.40. The largest absolute Gasteiger partial charge is 0.325 e. The van der Waals surface area contributed by atoms with Crippen LogP contribution in [0.3, 0.4) is 0 Å². The first-order chi connectivity index (χ1) is 12.1. The minimum absolute atomic E-state index is 0.0555. The number of hydrazone groups is 1. The van der Waals surface area contributed by atoms with Crippen LogP contribution in [0.15, 0.2) is 29.4 Å². The summed E-state index contributed by atoms with van der Waals surface area (Å²) < 4.78 is 13.0. The summed E-state index contributed by atoms with van der Waals surface area (Å²) in [5.74, 6) is 0.463. The lowest BCUT2D eigenvalue weighted by atomic mass is 10.1. The number of carbonyl (C=O) groups is 2. The number of thioether (sulfide) groups is 1. The molecule has 0 aromatic heterocycles. The van der Waals surface area contributed by atoms with Gasteiger partial charge in [0.2, 0.25) is 5.91 Å². The van der Waals surface area contributed by atoms with Crippen LogP contribution in [0.5, 0.6) is 0 Å². The van der Waals surface area contributed by atoms with Crippen molar-refractivity contribution in [3.8, 4) is 0 Å². The molecule has 5 nitrogen and oxygen atoms in total. The smallest absolute Gasteiger partial charge is 0.271 e. The molecule has 1 aromatic carbocycles. The Morgan fingerprint density at radius 2 is 2.08 bits per heavy atom. The summed E-state index contributed by atoms with van der Waals surface area (Å²) in [4.78, 5) is 26.9. The van der Waals surface area contributed by atoms with Crippen LogP contribution in [0.1, 0.15) is 38.2 Å². The first kappa shape index (κ1) is 17.9. The van der Waals surface area contributed by atoms with E-state index in [1.54, 1.807) is 23.9 Å². The van der Waals surface area contributed by atoms with Crippen molar-refractivity contribution in [1.82, 2.24) is 9.91 Å². The molecule has 2 amide bonds. The summed E-state index contributed by atoms with van der Waals surface area (Å²) in [6.45, 7) is 3.10. The van der Waals surface area contributed by atoms with Gasteiger partial charge in [0, 0.05) is 25.1 Å². The second-order valence-electron chi connectivity index (χ2n) is 6.24. The van der Waals surface area contributed by atoms with Crippen LogP contribution in [0.2, 0.25) is 0 Å². The maximum Gasteiger partial charge on any atom is 0.271 e. The van der Waals surface area contributed by atoms with Crippen molar-refractivity contribution in [3.05, 3.63) is 35.6 Å². The van der Waals surface area contributed by atoms with Gasteiger partial charge in [-0.05, 0) is 24.1 Å². The Hall–Kier alpha value is -1.89. The first-order valence-corrected chi connectivity index (χ1v) is 9.68. The van der Waals surface area contributed by atoms with E-state index in [0.29, 0.717) is 12.1 Å². The second kappa shape index (κ2) is 7.99. The highest BCUT2D eigenvalue weighted by Gasteiger charge is 2.33. The molecule has 3 rings (SSSR count). The number of halogens is 1. The van der Waals surface area contributed by atoms with Crippen molar-refractivity contribution in [2.24, 2.45) is 5.10 Å². The lowest BCUT2D eigenvalue weighted by molar-refractivity contribution is -0.132. The summed E-state index contributed by atoms with van der Waals surface area (Å²) in [6, 6.07) is 5.97. The van der Waals surface area contributed by atoms with Gasteiger partial charge < -0.3 is 4.90 Å². The van der Waals surface area contributed by atoms with E-state index in [0.717, 1.165) is 30.7 Å². The molecule has 1 saturated heterocycles. The van der Waals surface area contributed by atoms with E-state index >= 15 is 0 Å². The van der Waals surface area contributed by atoms with Crippen LogP contribution in [-0.4, -0.2) is 45.1 Å². The van der Waals surface area contributed by atoms with Gasteiger partial charge in [-0.15, -0.1) is 11.8 Å². The number of amides is 2. The molecule has 1 aromatic rings. The fourth-order valence-electron chi connectivity index (χ4n) is 3.05. The lowest BCUT2D eigenvalue weighted by Crippen LogP contribution is -2.43. The Bertz CT molecular complexity index is 677. The van der Waals surface area contributed by atoms with Crippen molar-refractivity contribution < 1.29 is 14.0 Å². The number of hydrogen-bond donors (Lipinski definition) is 0. The molecule has 0 aliphatic carbocycles. The third-order valence-electron chi connectivity index (χ3n) is 4.38. The maximum atomic E-state index is 13.0. The Kier molecular flexibility index (Phi) is 5.73. The van der Waals surface area contributed by atoms with Gasteiger partial charge in [0.05, 0.1) is 11.9 Å². The molecule has 0 radical (unpaired) electrons. The van der Waals surface area contributed by atoms with Gasteiger partial charge in [-0.2, -0.15) is 5.10 Å². The zero-order valence-corrected chi connectivity index (χ0v) is 15.1. The van der Waals surface area contributed by atoms with Gasteiger partial charge in [0.1, 0.15) is 11.5 Å². The molecule has 2 heterocycles. The minimum Gasteiger partial charge on any atom is -0.325 e. The fraction of sp³-hybridized carbons (Fsp3) is 0.500. The highest BCUT2D eigenvalue weighted by molar-refractivity contribution is 8.00. The molecule has 25 heavy (non-hydrogen) atoms. The normalized spacial score (nSPS) is 20.8. The van der Waals surface area contributed by atoms with E-state index in [1.807, 2.05) is 4.90 Å². The van der Waals surface area contributed by atoms with Crippen LogP contribution < -0.4 is 0 Å². The summed E-state index contributed by atoms with van der Waals surface area (Å²) >= 11 is 1.81. The number of benzene rings is 1. The molecule has 0 N–H and O–H groups in total. The highest BCUT2D eigenvalue weighted by atomic mass is 32.2. The van der Waals surface area contributed by atoms with Gasteiger partial charge in [-0.3, -0.25) is 9.59 Å². The van der Waals surface area contributed by atoms with Gasteiger partial charge >= 0.3 is 0 Å². The molecule has 7 heteroatoms. The van der Waals surface area contributed by atoms with Crippen LogP contribution in [0.4, 0.5) is 4.39 Å².